The third-order valence-electron chi connectivity index (χ3n) is 7.22. The van der Waals surface area contributed by atoms with E-state index in [1.807, 2.05) is 6.07 Å². The number of ether oxygens (including phenoxy) is 4. The predicted molar refractivity (Wildman–Crippen MR) is 164 cm³/mol. The number of carbonyl (C=O) groups is 2. The Hall–Kier alpha value is -3.54. The van der Waals surface area contributed by atoms with Crippen LogP contribution in [0.2, 0.25) is 0 Å². The Labute approximate surface area is 245 Å². The molecule has 2 aromatic carbocycles. The molecular formula is C35H46O6. The largest absolute Gasteiger partial charge is 0.493 e. The first kappa shape index (κ1) is 32.0. The second kappa shape index (κ2) is 18.0. The molecule has 0 unspecified atom stereocenters. The Kier molecular flexibility index (Phi) is 14.0. The lowest BCUT2D eigenvalue weighted by Gasteiger charge is -2.08. The van der Waals surface area contributed by atoms with Crippen molar-refractivity contribution >= 4 is 17.8 Å². The second-order valence-electron chi connectivity index (χ2n) is 10.5. The highest BCUT2D eigenvalue weighted by molar-refractivity contribution is 6.14. The van der Waals surface area contributed by atoms with Crippen molar-refractivity contribution < 1.29 is 28.5 Å². The molecule has 0 N–H and O–H groups in total. The molecular weight excluding hydrogens is 516 g/mol. The maximum absolute atomic E-state index is 13.0. The molecule has 222 valence electrons. The predicted octanol–water partition coefficient (Wildman–Crippen LogP) is 9.26. The van der Waals surface area contributed by atoms with Gasteiger partial charge >= 0.3 is 5.97 Å². The van der Waals surface area contributed by atoms with Gasteiger partial charge in [-0.2, -0.15) is 0 Å². The summed E-state index contributed by atoms with van der Waals surface area (Å²) in [5.74, 6) is 1.61. The minimum Gasteiger partial charge on any atom is -0.493 e. The smallest absolute Gasteiger partial charge is 0.311 e. The van der Waals surface area contributed by atoms with Crippen LogP contribution in [0.4, 0.5) is 0 Å². The zero-order chi connectivity index (χ0) is 29.3. The van der Waals surface area contributed by atoms with E-state index in [9.17, 15) is 9.59 Å². The molecule has 0 fully saturated rings. The number of carbonyl (C=O) groups excluding carboxylic acids is 2. The number of Topliss-reactive ketones (excluding diaryl/α,β-unsaturated/α-hetero) is 1. The fraction of sp³-hybridized carbons (Fsp3) is 0.486. The number of esters is 1. The van der Waals surface area contributed by atoms with Crippen LogP contribution in [0.1, 0.15) is 113 Å². The number of ketones is 1. The number of rotatable bonds is 19. The van der Waals surface area contributed by atoms with Gasteiger partial charge in [-0.1, -0.05) is 76.5 Å². The van der Waals surface area contributed by atoms with E-state index in [1.54, 1.807) is 50.6 Å². The van der Waals surface area contributed by atoms with Gasteiger partial charge in [0.25, 0.3) is 0 Å². The lowest BCUT2D eigenvalue weighted by molar-refractivity contribution is -0.134. The maximum atomic E-state index is 13.0. The normalized spacial score (nSPS) is 13.4. The molecule has 0 atom stereocenters. The summed E-state index contributed by atoms with van der Waals surface area (Å²) in [6.45, 7) is 2.26. The Morgan fingerprint density at radius 2 is 1.44 bits per heavy atom. The van der Waals surface area contributed by atoms with Crippen LogP contribution in [0.5, 0.6) is 23.0 Å². The SMILES string of the molecule is CCCCCCCC/C=C\CCCCCCCC(=O)Oc1ccc2c(c1)C(=O)/C(=C/c1ccc(OC)c(OC)c1)O2. The minimum atomic E-state index is -0.282. The van der Waals surface area contributed by atoms with Crippen LogP contribution < -0.4 is 18.9 Å². The van der Waals surface area contributed by atoms with E-state index >= 15 is 0 Å². The maximum Gasteiger partial charge on any atom is 0.311 e. The molecule has 0 saturated carbocycles. The molecule has 1 aliphatic heterocycles. The van der Waals surface area contributed by atoms with Crippen LogP contribution in [0.25, 0.3) is 6.08 Å². The van der Waals surface area contributed by atoms with Crippen LogP contribution in [-0.2, 0) is 4.79 Å². The Balaban J connectivity index is 1.32. The first-order valence-electron chi connectivity index (χ1n) is 15.2. The molecule has 1 heterocycles. The molecule has 0 bridgehead atoms. The number of allylic oxidation sites excluding steroid dienone is 3. The van der Waals surface area contributed by atoms with E-state index in [1.165, 1.54) is 57.8 Å². The molecule has 3 rings (SSSR count). The summed E-state index contributed by atoms with van der Waals surface area (Å²) in [5, 5.41) is 0. The monoisotopic (exact) mass is 562 g/mol. The molecule has 0 saturated heterocycles. The second-order valence-corrected chi connectivity index (χ2v) is 10.5. The quantitative estimate of drug-likeness (QED) is 0.0559. The summed E-state index contributed by atoms with van der Waals surface area (Å²) in [4.78, 5) is 25.3. The minimum absolute atomic E-state index is 0.198. The third kappa shape index (κ3) is 10.8. The highest BCUT2D eigenvalue weighted by Crippen LogP contribution is 2.35. The summed E-state index contributed by atoms with van der Waals surface area (Å²) < 4.78 is 21.9. The highest BCUT2D eigenvalue weighted by atomic mass is 16.5. The molecule has 0 radical (unpaired) electrons. The first-order valence-corrected chi connectivity index (χ1v) is 15.2. The zero-order valence-electron chi connectivity index (χ0n) is 25.0. The van der Waals surface area contributed by atoms with Gasteiger partial charge in [0.1, 0.15) is 11.5 Å². The van der Waals surface area contributed by atoms with Crippen LogP contribution in [0.15, 0.2) is 54.3 Å². The number of hydrogen-bond acceptors (Lipinski definition) is 6. The fourth-order valence-electron chi connectivity index (χ4n) is 4.85. The van der Waals surface area contributed by atoms with E-state index in [-0.39, 0.29) is 17.5 Å². The molecule has 0 aromatic heterocycles. The molecule has 0 aliphatic carbocycles. The van der Waals surface area contributed by atoms with Crippen LogP contribution in [-0.4, -0.2) is 26.0 Å². The van der Waals surface area contributed by atoms with Gasteiger partial charge in [0, 0.05) is 6.42 Å². The molecule has 0 amide bonds. The van der Waals surface area contributed by atoms with Gasteiger partial charge in [-0.3, -0.25) is 9.59 Å². The topological polar surface area (TPSA) is 71.1 Å². The van der Waals surface area contributed by atoms with Crippen molar-refractivity contribution in [2.75, 3.05) is 14.2 Å². The molecule has 41 heavy (non-hydrogen) atoms. The van der Waals surface area contributed by atoms with Crippen molar-refractivity contribution in [3.8, 4) is 23.0 Å². The number of hydrogen-bond donors (Lipinski definition) is 0. The number of benzene rings is 2. The highest BCUT2D eigenvalue weighted by Gasteiger charge is 2.28. The first-order chi connectivity index (χ1) is 20.0. The standard InChI is InChI=1S/C35H46O6/c1-4-5-6-7-8-9-10-11-12-13-14-15-16-17-18-19-34(36)40-28-21-23-30-29(26-28)35(37)33(41-30)25-27-20-22-31(38-2)32(24-27)39-3/h11-12,20-26H,4-10,13-19H2,1-3H3/b12-11-,33-25-. The van der Waals surface area contributed by atoms with Crippen molar-refractivity contribution in [1.29, 1.82) is 0 Å². The van der Waals surface area contributed by atoms with Gasteiger partial charge in [0.2, 0.25) is 5.78 Å². The van der Waals surface area contributed by atoms with Crippen molar-refractivity contribution in [3.63, 3.8) is 0 Å². The Morgan fingerprint density at radius 1 is 0.780 bits per heavy atom. The van der Waals surface area contributed by atoms with E-state index < -0.39 is 0 Å². The summed E-state index contributed by atoms with van der Waals surface area (Å²) in [6, 6.07) is 10.2. The summed E-state index contributed by atoms with van der Waals surface area (Å²) in [6.07, 6.45) is 22.4. The van der Waals surface area contributed by atoms with Crippen molar-refractivity contribution in [1.82, 2.24) is 0 Å². The third-order valence-corrected chi connectivity index (χ3v) is 7.22. The summed E-state index contributed by atoms with van der Waals surface area (Å²) >= 11 is 0. The van der Waals surface area contributed by atoms with E-state index in [4.69, 9.17) is 18.9 Å². The Bertz CT molecular complexity index is 1180. The van der Waals surface area contributed by atoms with Crippen molar-refractivity contribution in [3.05, 3.63) is 65.4 Å². The van der Waals surface area contributed by atoms with E-state index in [0.717, 1.165) is 31.2 Å². The summed E-state index contributed by atoms with van der Waals surface area (Å²) in [7, 11) is 3.13. The average molecular weight is 563 g/mol. The zero-order valence-corrected chi connectivity index (χ0v) is 25.0. The van der Waals surface area contributed by atoms with Crippen LogP contribution in [0, 0.1) is 0 Å². The molecule has 6 heteroatoms. The van der Waals surface area contributed by atoms with Gasteiger partial charge in [0.15, 0.2) is 17.3 Å². The van der Waals surface area contributed by atoms with E-state index in [2.05, 4.69) is 19.1 Å². The van der Waals surface area contributed by atoms with Gasteiger partial charge in [-0.15, -0.1) is 0 Å². The Morgan fingerprint density at radius 3 is 2.12 bits per heavy atom. The van der Waals surface area contributed by atoms with Crippen LogP contribution in [0.3, 0.4) is 0 Å². The molecule has 0 spiro atoms. The molecule has 6 nitrogen and oxygen atoms in total. The summed E-state index contributed by atoms with van der Waals surface area (Å²) in [5.41, 5.74) is 1.12. The van der Waals surface area contributed by atoms with E-state index in [0.29, 0.717) is 35.0 Å². The number of fused-ring (bicyclic) bond motifs is 1. The lowest BCUT2D eigenvalue weighted by atomic mass is 10.1. The average Bonchev–Trinajstić information content (AvgIpc) is 3.29. The van der Waals surface area contributed by atoms with Crippen LogP contribution >= 0.6 is 0 Å². The van der Waals surface area contributed by atoms with Gasteiger partial charge in [-0.05, 0) is 74.1 Å². The van der Waals surface area contributed by atoms with Gasteiger partial charge in [0.05, 0.1) is 19.8 Å². The molecule has 2 aromatic rings. The van der Waals surface area contributed by atoms with Crippen molar-refractivity contribution in [2.24, 2.45) is 0 Å². The number of methoxy groups -OCH3 is 2. The lowest BCUT2D eigenvalue weighted by Crippen LogP contribution is -2.07. The van der Waals surface area contributed by atoms with Gasteiger partial charge < -0.3 is 18.9 Å². The van der Waals surface area contributed by atoms with Crippen molar-refractivity contribution in [2.45, 2.75) is 96.8 Å². The molecule has 1 aliphatic rings. The van der Waals surface area contributed by atoms with Gasteiger partial charge in [-0.25, -0.2) is 0 Å². The number of unbranched alkanes of at least 4 members (excludes halogenated alkanes) is 11. The fourth-order valence-corrected chi connectivity index (χ4v) is 4.85.